The highest BCUT2D eigenvalue weighted by Gasteiger charge is 2.53. The van der Waals surface area contributed by atoms with E-state index in [0.29, 0.717) is 12.8 Å². The maximum absolute atomic E-state index is 12.0. The number of hydrogen-bond acceptors (Lipinski definition) is 9. The number of carbonyl (C=O) groups is 2. The van der Waals surface area contributed by atoms with Crippen LogP contribution in [0.2, 0.25) is 0 Å². The molecule has 0 spiro atoms. The molecule has 9 nitrogen and oxygen atoms in total. The molecular formula is C18H21O9S-. The van der Waals surface area contributed by atoms with Crippen molar-refractivity contribution in [3.8, 4) is 5.75 Å². The van der Waals surface area contributed by atoms with Gasteiger partial charge in [0.05, 0.1) is 22.5 Å². The van der Waals surface area contributed by atoms with Gasteiger partial charge in [0.2, 0.25) is 0 Å². The van der Waals surface area contributed by atoms with Crippen LogP contribution in [-0.2, 0) is 29.2 Å². The van der Waals surface area contributed by atoms with Crippen molar-refractivity contribution >= 4 is 22.1 Å². The molecule has 4 unspecified atom stereocenters. The second-order valence-electron chi connectivity index (χ2n) is 7.56. The van der Waals surface area contributed by atoms with E-state index in [4.69, 9.17) is 14.2 Å². The lowest BCUT2D eigenvalue weighted by molar-refractivity contribution is -0.151. The number of ether oxygens (including phenoxy) is 3. The second-order valence-corrected chi connectivity index (χ2v) is 8.94. The molecule has 0 aromatic heterocycles. The van der Waals surface area contributed by atoms with E-state index in [0.717, 1.165) is 12.1 Å². The molecule has 154 valence electrons. The van der Waals surface area contributed by atoms with Gasteiger partial charge in [0.25, 0.3) is 0 Å². The van der Waals surface area contributed by atoms with Gasteiger partial charge < -0.3 is 23.9 Å². The van der Waals surface area contributed by atoms with Gasteiger partial charge in [0, 0.05) is 12.3 Å². The first kappa shape index (κ1) is 20.7. The molecule has 1 heterocycles. The summed E-state index contributed by atoms with van der Waals surface area (Å²) in [5, 5.41) is 10.3. The fourth-order valence-electron chi connectivity index (χ4n) is 3.72. The third-order valence-corrected chi connectivity index (χ3v) is 5.96. The first-order chi connectivity index (χ1) is 12.9. The molecule has 1 aliphatic carbocycles. The van der Waals surface area contributed by atoms with Crippen molar-refractivity contribution in [1.29, 1.82) is 0 Å². The van der Waals surface area contributed by atoms with Crippen molar-refractivity contribution in [3.05, 3.63) is 24.3 Å². The van der Waals surface area contributed by atoms with Crippen LogP contribution in [-0.4, -0.2) is 54.4 Å². The van der Waals surface area contributed by atoms with Gasteiger partial charge in [-0.25, -0.2) is 13.2 Å². The van der Waals surface area contributed by atoms with Crippen molar-refractivity contribution in [1.82, 2.24) is 0 Å². The number of benzene rings is 1. The van der Waals surface area contributed by atoms with Gasteiger partial charge >= 0.3 is 11.9 Å². The quantitative estimate of drug-likeness (QED) is 0.403. The van der Waals surface area contributed by atoms with Crippen LogP contribution >= 0.6 is 0 Å². The zero-order chi connectivity index (χ0) is 20.7. The normalized spacial score (nSPS) is 27.4. The topological polar surface area (TPSA) is 139 Å². The zero-order valence-electron chi connectivity index (χ0n) is 15.4. The number of fused-ring (bicyclic) bond motifs is 2. The minimum absolute atomic E-state index is 0.0615. The Bertz CT molecular complexity index is 854. The first-order valence-electron chi connectivity index (χ1n) is 8.76. The first-order valence-corrected chi connectivity index (χ1v) is 10.2. The van der Waals surface area contributed by atoms with Gasteiger partial charge in [-0.15, -0.1) is 0 Å². The molecule has 4 atom stereocenters. The van der Waals surface area contributed by atoms with Gasteiger partial charge in [0.1, 0.15) is 28.6 Å². The van der Waals surface area contributed by atoms with E-state index in [1.54, 1.807) is 13.8 Å². The lowest BCUT2D eigenvalue weighted by atomic mass is 9.71. The smallest absolute Gasteiger partial charge is 0.337 e. The highest BCUT2D eigenvalue weighted by Crippen LogP contribution is 2.44. The summed E-state index contributed by atoms with van der Waals surface area (Å²) in [6, 6.07) is 4.46. The second kappa shape index (κ2) is 7.43. The number of carbonyl (C=O) groups excluding carboxylic acids is 2. The number of hydrogen-bond donors (Lipinski definition) is 1. The number of rotatable bonds is 6. The summed E-state index contributed by atoms with van der Waals surface area (Å²) in [6.45, 7) is 2.84. The molecule has 2 fully saturated rings. The fourth-order valence-corrected chi connectivity index (χ4v) is 4.19. The fraction of sp³-hybridized carbons (Fsp3) is 0.556. The van der Waals surface area contributed by atoms with Gasteiger partial charge in [-0.3, -0.25) is 4.79 Å². The van der Waals surface area contributed by atoms with Crippen LogP contribution in [0.1, 0.15) is 26.7 Å². The average molecular weight is 413 g/mol. The van der Waals surface area contributed by atoms with Crippen LogP contribution in [0.25, 0.3) is 0 Å². The SMILES string of the molecule is CC(C)(O)C1CC(OCC(=O)Oc2ccc(S(=O)(=O)[O-])cc2)C2CC1C(=O)O2. The van der Waals surface area contributed by atoms with Crippen molar-refractivity contribution in [2.45, 2.75) is 49.4 Å². The van der Waals surface area contributed by atoms with E-state index in [1.165, 1.54) is 12.1 Å². The summed E-state index contributed by atoms with van der Waals surface area (Å²) < 4.78 is 48.6. The summed E-state index contributed by atoms with van der Waals surface area (Å²) in [5.74, 6) is -1.76. The number of aliphatic hydroxyl groups is 1. The van der Waals surface area contributed by atoms with Crippen LogP contribution in [0.4, 0.5) is 0 Å². The van der Waals surface area contributed by atoms with E-state index >= 15 is 0 Å². The zero-order valence-corrected chi connectivity index (χ0v) is 16.2. The maximum Gasteiger partial charge on any atom is 0.337 e. The van der Waals surface area contributed by atoms with Gasteiger partial charge in [-0.05, 0) is 44.5 Å². The highest BCUT2D eigenvalue weighted by atomic mass is 32.2. The molecule has 0 radical (unpaired) electrons. The van der Waals surface area contributed by atoms with Crippen LogP contribution in [0.15, 0.2) is 29.2 Å². The highest BCUT2D eigenvalue weighted by molar-refractivity contribution is 7.85. The molecule has 2 aliphatic rings. The monoisotopic (exact) mass is 413 g/mol. The Labute approximate surface area is 162 Å². The molecule has 2 bridgehead atoms. The molecule has 1 saturated carbocycles. The summed E-state index contributed by atoms with van der Waals surface area (Å²) >= 11 is 0. The predicted molar refractivity (Wildman–Crippen MR) is 92.2 cm³/mol. The molecule has 1 aromatic carbocycles. The largest absolute Gasteiger partial charge is 0.744 e. The Hall–Kier alpha value is -2.01. The van der Waals surface area contributed by atoms with Gasteiger partial charge in [-0.1, -0.05) is 0 Å². The Morgan fingerprint density at radius 3 is 2.50 bits per heavy atom. The van der Waals surface area contributed by atoms with E-state index in [9.17, 15) is 27.7 Å². The van der Waals surface area contributed by atoms with Crippen molar-refractivity contribution in [2.75, 3.05) is 6.61 Å². The maximum atomic E-state index is 12.0. The van der Waals surface area contributed by atoms with Crippen molar-refractivity contribution < 1.29 is 41.9 Å². The number of esters is 2. The van der Waals surface area contributed by atoms with Crippen LogP contribution in [0, 0.1) is 11.8 Å². The Kier molecular flexibility index (Phi) is 5.50. The lowest BCUT2D eigenvalue weighted by Crippen LogP contribution is -2.45. The minimum Gasteiger partial charge on any atom is -0.744 e. The van der Waals surface area contributed by atoms with E-state index in [2.05, 4.69) is 0 Å². The Balaban J connectivity index is 1.58. The molecule has 1 aromatic rings. The van der Waals surface area contributed by atoms with Crippen LogP contribution in [0.5, 0.6) is 5.75 Å². The van der Waals surface area contributed by atoms with Crippen LogP contribution in [0.3, 0.4) is 0 Å². The minimum atomic E-state index is -4.58. The standard InChI is InChI=1S/C18H22O9S/c1-18(2,21)13-8-14(15-7-12(13)17(20)27-15)25-9-16(19)26-10-3-5-11(6-4-10)28(22,23)24/h3-6,12-15,21H,7-9H2,1-2H3,(H,22,23,24)/p-1. The lowest BCUT2D eigenvalue weighted by Gasteiger charge is -2.38. The van der Waals surface area contributed by atoms with Gasteiger partial charge in [-0.2, -0.15) is 0 Å². The van der Waals surface area contributed by atoms with Crippen molar-refractivity contribution in [2.24, 2.45) is 11.8 Å². The summed E-state index contributed by atoms with van der Waals surface area (Å²) in [5.41, 5.74) is -1.09. The molecule has 1 N–H and O–H groups in total. The molecule has 0 amide bonds. The summed E-state index contributed by atoms with van der Waals surface area (Å²) in [4.78, 5) is 23.6. The van der Waals surface area contributed by atoms with E-state index in [1.807, 2.05) is 0 Å². The van der Waals surface area contributed by atoms with E-state index < -0.39 is 45.4 Å². The third kappa shape index (κ3) is 4.52. The summed E-state index contributed by atoms with van der Waals surface area (Å²) in [6.07, 6.45) is -0.211. The third-order valence-electron chi connectivity index (χ3n) is 5.11. The van der Waals surface area contributed by atoms with E-state index in [-0.39, 0.29) is 23.6 Å². The molecular weight excluding hydrogens is 392 g/mol. The molecule has 3 rings (SSSR count). The predicted octanol–water partition coefficient (Wildman–Crippen LogP) is 0.604. The molecule has 1 aliphatic heterocycles. The molecule has 1 saturated heterocycles. The average Bonchev–Trinajstić information content (AvgIpc) is 2.89. The molecule has 28 heavy (non-hydrogen) atoms. The van der Waals surface area contributed by atoms with Crippen molar-refractivity contribution in [3.63, 3.8) is 0 Å². The Morgan fingerprint density at radius 2 is 1.93 bits per heavy atom. The Morgan fingerprint density at radius 1 is 1.29 bits per heavy atom. The van der Waals surface area contributed by atoms with Gasteiger partial charge in [0.15, 0.2) is 0 Å². The summed E-state index contributed by atoms with van der Waals surface area (Å²) in [7, 11) is -4.58. The molecule has 10 heteroatoms. The van der Waals surface area contributed by atoms with Crippen LogP contribution < -0.4 is 4.74 Å².